The lowest BCUT2D eigenvalue weighted by Crippen LogP contribution is -1.85. The molecule has 2 nitrogen and oxygen atoms in total. The fourth-order valence-electron chi connectivity index (χ4n) is 1.32. The minimum atomic E-state index is 0.891. The van der Waals surface area contributed by atoms with Crippen LogP contribution in [0.25, 0.3) is 0 Å². The fourth-order valence-corrected chi connectivity index (χ4v) is 5.41. The molecule has 0 heterocycles. The highest BCUT2D eigenvalue weighted by Gasteiger charge is 2.06. The van der Waals surface area contributed by atoms with Crippen molar-refractivity contribution in [3.8, 4) is 0 Å². The van der Waals surface area contributed by atoms with Crippen LogP contribution in [0.4, 0.5) is 11.4 Å². The Hall–Kier alpha value is 2.42. The molecule has 0 N–H and O–H groups in total. The predicted octanol–water partition coefficient (Wildman–Crippen LogP) is 7.73. The van der Waals surface area contributed by atoms with Crippen molar-refractivity contribution in [2.24, 2.45) is 10.2 Å². The summed E-state index contributed by atoms with van der Waals surface area (Å²) in [5.74, 6) is 0. The maximum Gasteiger partial charge on any atom is 0.0878 e. The number of hydrogen-bond donors (Lipinski definition) is 0. The van der Waals surface area contributed by atoms with E-state index in [1.807, 2.05) is 0 Å². The molecule has 0 fully saturated rings. The van der Waals surface area contributed by atoms with Gasteiger partial charge in [-0.05, 0) is 160 Å². The Bertz CT molecular complexity index is 593. The number of rotatable bonds is 2. The number of hydrogen-bond acceptors (Lipinski definition) is 2. The van der Waals surface area contributed by atoms with E-state index in [-0.39, 0.29) is 0 Å². The first-order chi connectivity index (χ1) is 9.38. The summed E-state index contributed by atoms with van der Waals surface area (Å²) in [4.78, 5) is 0. The summed E-state index contributed by atoms with van der Waals surface area (Å²) >= 11 is 14.0. The summed E-state index contributed by atoms with van der Waals surface area (Å²) < 4.78 is 7.35. The van der Waals surface area contributed by atoms with E-state index in [4.69, 9.17) is 0 Å². The van der Waals surface area contributed by atoms with Crippen LogP contribution in [-0.2, 0) is 0 Å². The molecule has 0 atom stereocenters. The molecule has 0 aliphatic carbocycles. The third-order valence-corrected chi connectivity index (χ3v) is 12.1. The molecular weight excluding hydrogens is 934 g/mol. The molecule has 0 radical (unpaired) electrons. The molecular formula is C12H4I6N2. The van der Waals surface area contributed by atoms with Gasteiger partial charge in [0.1, 0.15) is 0 Å². The van der Waals surface area contributed by atoms with Crippen LogP contribution in [0.1, 0.15) is 0 Å². The molecule has 0 bridgehead atoms. The lowest BCUT2D eigenvalue weighted by Gasteiger charge is -2.03. The van der Waals surface area contributed by atoms with Gasteiger partial charge in [-0.25, -0.2) is 0 Å². The highest BCUT2D eigenvalue weighted by Crippen LogP contribution is 2.30. The molecule has 8 heteroatoms. The van der Waals surface area contributed by atoms with E-state index < -0.39 is 0 Å². The van der Waals surface area contributed by atoms with Crippen LogP contribution in [-0.4, -0.2) is 0 Å². The van der Waals surface area contributed by atoms with Gasteiger partial charge in [-0.2, -0.15) is 10.2 Å². The summed E-state index contributed by atoms with van der Waals surface area (Å²) in [5, 5.41) is 8.71. The molecule has 0 aliphatic heterocycles. The van der Waals surface area contributed by atoms with Crippen molar-refractivity contribution in [3.63, 3.8) is 0 Å². The normalized spacial score (nSPS) is 11.3. The molecule has 2 aromatic rings. The first-order valence-corrected chi connectivity index (χ1v) is 11.6. The van der Waals surface area contributed by atoms with Gasteiger partial charge in [0.15, 0.2) is 0 Å². The van der Waals surface area contributed by atoms with Crippen molar-refractivity contribution in [3.05, 3.63) is 45.7 Å². The zero-order valence-electron chi connectivity index (χ0n) is 9.47. The number of benzene rings is 2. The van der Waals surface area contributed by atoms with Crippen molar-refractivity contribution in [2.45, 2.75) is 0 Å². The van der Waals surface area contributed by atoms with Crippen LogP contribution in [0.15, 0.2) is 34.5 Å². The highest BCUT2D eigenvalue weighted by molar-refractivity contribution is 14.1. The Morgan fingerprint density at radius 2 is 0.750 bits per heavy atom. The van der Waals surface area contributed by atoms with Crippen molar-refractivity contribution in [1.29, 1.82) is 0 Å². The Balaban J connectivity index is 2.35. The minimum absolute atomic E-state index is 0.891. The molecule has 0 aliphatic rings. The van der Waals surface area contributed by atoms with E-state index in [0.717, 1.165) is 11.4 Å². The molecule has 0 unspecified atom stereocenters. The average Bonchev–Trinajstić information content (AvgIpc) is 2.39. The number of halogens is 6. The topological polar surface area (TPSA) is 24.7 Å². The first kappa shape index (κ1) is 18.8. The first-order valence-electron chi connectivity index (χ1n) is 5.09. The molecule has 2 rings (SSSR count). The SMILES string of the molecule is Ic1cc(/N=N/c2cc(I)c(I)c(I)c2)cc(I)c1I. The van der Waals surface area contributed by atoms with Crippen LogP contribution in [0, 0.1) is 21.4 Å². The zero-order chi connectivity index (χ0) is 14.9. The van der Waals surface area contributed by atoms with E-state index in [9.17, 15) is 0 Å². The van der Waals surface area contributed by atoms with E-state index in [1.165, 1.54) is 21.4 Å². The van der Waals surface area contributed by atoms with Gasteiger partial charge < -0.3 is 0 Å². The lowest BCUT2D eigenvalue weighted by molar-refractivity contribution is 1.22. The van der Waals surface area contributed by atoms with Gasteiger partial charge in [-0.15, -0.1) is 0 Å². The predicted molar refractivity (Wildman–Crippen MR) is 133 cm³/mol. The summed E-state index contributed by atoms with van der Waals surface area (Å²) in [6, 6.07) is 8.21. The fraction of sp³-hybridized carbons (Fsp3) is 0. The smallest absolute Gasteiger partial charge is 0.0878 e. The second kappa shape index (κ2) is 8.50. The van der Waals surface area contributed by atoms with Crippen LogP contribution in [0.5, 0.6) is 0 Å². The molecule has 0 amide bonds. The zero-order valence-corrected chi connectivity index (χ0v) is 22.4. The van der Waals surface area contributed by atoms with Gasteiger partial charge in [-0.3, -0.25) is 0 Å². The van der Waals surface area contributed by atoms with Crippen LogP contribution in [0.2, 0.25) is 0 Å². The number of nitrogens with zero attached hydrogens (tertiary/aromatic N) is 2. The molecule has 0 saturated heterocycles. The second-order valence-electron chi connectivity index (χ2n) is 3.65. The summed E-state index contributed by atoms with van der Waals surface area (Å²) in [6.07, 6.45) is 0. The Morgan fingerprint density at radius 1 is 0.500 bits per heavy atom. The van der Waals surface area contributed by atoms with Crippen molar-refractivity contribution in [1.82, 2.24) is 0 Å². The molecule has 0 saturated carbocycles. The monoisotopic (exact) mass is 937 g/mol. The highest BCUT2D eigenvalue weighted by atomic mass is 127. The maximum absolute atomic E-state index is 4.35. The van der Waals surface area contributed by atoms with Gasteiger partial charge in [-0.1, -0.05) is 0 Å². The standard InChI is InChI=1S/C12H4I6N2/c13-7-1-5(2-8(14)11(7)17)19-20-6-3-9(15)12(18)10(16)4-6/h1-4H/b20-19+. The molecule has 0 aromatic heterocycles. The van der Waals surface area contributed by atoms with Gasteiger partial charge in [0, 0.05) is 21.4 Å². The molecule has 0 spiro atoms. The van der Waals surface area contributed by atoms with Gasteiger partial charge in [0.05, 0.1) is 11.4 Å². The van der Waals surface area contributed by atoms with Crippen molar-refractivity contribution < 1.29 is 0 Å². The van der Waals surface area contributed by atoms with Crippen LogP contribution in [0.3, 0.4) is 0 Å². The van der Waals surface area contributed by atoms with E-state index in [2.05, 4.69) is 170 Å². The Labute approximate surface area is 199 Å². The van der Waals surface area contributed by atoms with Crippen molar-refractivity contribution in [2.75, 3.05) is 0 Å². The average molecular weight is 938 g/mol. The third kappa shape index (κ3) is 4.96. The summed E-state index contributed by atoms with van der Waals surface area (Å²) in [6.45, 7) is 0. The largest absolute Gasteiger partial charge is 0.150 e. The molecule has 2 aromatic carbocycles. The lowest BCUT2D eigenvalue weighted by atomic mass is 10.3. The van der Waals surface area contributed by atoms with Gasteiger partial charge >= 0.3 is 0 Å². The van der Waals surface area contributed by atoms with Gasteiger partial charge in [0.2, 0.25) is 0 Å². The van der Waals surface area contributed by atoms with E-state index in [1.54, 1.807) is 0 Å². The Kier molecular flexibility index (Phi) is 7.97. The second-order valence-corrected chi connectivity index (χ2v) is 10.5. The molecule has 20 heavy (non-hydrogen) atoms. The number of azo groups is 1. The van der Waals surface area contributed by atoms with E-state index in [0.29, 0.717) is 0 Å². The molecule has 104 valence electrons. The third-order valence-electron chi connectivity index (χ3n) is 2.22. The van der Waals surface area contributed by atoms with Crippen LogP contribution < -0.4 is 0 Å². The van der Waals surface area contributed by atoms with Crippen molar-refractivity contribution >= 4 is 147 Å². The Morgan fingerprint density at radius 3 is 1.00 bits per heavy atom. The minimum Gasteiger partial charge on any atom is -0.150 e. The summed E-state index contributed by atoms with van der Waals surface area (Å²) in [5.41, 5.74) is 1.78. The summed E-state index contributed by atoms with van der Waals surface area (Å²) in [7, 11) is 0. The maximum atomic E-state index is 4.35. The van der Waals surface area contributed by atoms with Crippen LogP contribution >= 0.6 is 136 Å². The van der Waals surface area contributed by atoms with E-state index >= 15 is 0 Å². The van der Waals surface area contributed by atoms with Gasteiger partial charge in [0.25, 0.3) is 0 Å². The quantitative estimate of drug-likeness (QED) is 0.168.